The quantitative estimate of drug-likeness (QED) is 0.831. The van der Waals surface area contributed by atoms with E-state index in [2.05, 4.69) is 36.0 Å². The lowest BCUT2D eigenvalue weighted by Gasteiger charge is -2.36. The highest BCUT2D eigenvalue weighted by atomic mass is 16.3. The Kier molecular flexibility index (Phi) is 5.04. The number of carbonyl (C=O) groups excluding carboxylic acids is 1. The van der Waals surface area contributed by atoms with Gasteiger partial charge in [-0.2, -0.15) is 5.10 Å². The summed E-state index contributed by atoms with van der Waals surface area (Å²) < 4.78 is 1.84. The second-order valence-electron chi connectivity index (χ2n) is 8.77. The highest BCUT2D eigenvalue weighted by Crippen LogP contribution is 2.51. The van der Waals surface area contributed by atoms with Gasteiger partial charge in [0.15, 0.2) is 0 Å². The summed E-state index contributed by atoms with van der Waals surface area (Å²) in [6.07, 6.45) is 3.71. The Morgan fingerprint density at radius 1 is 1.29 bits per heavy atom. The van der Waals surface area contributed by atoms with Gasteiger partial charge in [0.25, 0.3) is 5.91 Å². The average Bonchev–Trinajstić information content (AvgIpc) is 3.39. The molecule has 3 atom stereocenters. The minimum absolute atomic E-state index is 0.0807. The predicted octanol–water partition coefficient (Wildman–Crippen LogP) is 3.62. The molecule has 2 saturated heterocycles. The van der Waals surface area contributed by atoms with E-state index in [1.807, 2.05) is 35.9 Å². The molecule has 0 spiro atoms. The largest absolute Gasteiger partial charge is 0.396 e. The van der Waals surface area contributed by atoms with Gasteiger partial charge in [0.1, 0.15) is 5.69 Å². The van der Waals surface area contributed by atoms with E-state index in [-0.39, 0.29) is 30.0 Å². The van der Waals surface area contributed by atoms with Crippen LogP contribution >= 0.6 is 0 Å². The summed E-state index contributed by atoms with van der Waals surface area (Å²) in [5, 5.41) is 15.0. The van der Waals surface area contributed by atoms with Crippen LogP contribution in [0.15, 0.2) is 36.4 Å². The Morgan fingerprint density at radius 2 is 2.04 bits per heavy atom. The third kappa shape index (κ3) is 3.06. The van der Waals surface area contributed by atoms with Crippen molar-refractivity contribution < 1.29 is 9.90 Å². The average molecular weight is 382 g/mol. The van der Waals surface area contributed by atoms with Gasteiger partial charge in [-0.3, -0.25) is 9.48 Å². The third-order valence-electron chi connectivity index (χ3n) is 6.71. The van der Waals surface area contributed by atoms with Gasteiger partial charge < -0.3 is 10.0 Å². The number of hydrogen-bond acceptors (Lipinski definition) is 3. The first-order chi connectivity index (χ1) is 13.5. The number of hydrogen-bond donors (Lipinski definition) is 1. The summed E-state index contributed by atoms with van der Waals surface area (Å²) in [6, 6.07) is 12.6. The zero-order valence-electron chi connectivity index (χ0n) is 17.1. The normalized spacial score (nSPS) is 26.4. The predicted molar refractivity (Wildman–Crippen MR) is 109 cm³/mol. The standard InChI is InChI=1S/C23H31N3O2/c1-4-25-20(12-19(24-25)16(2)3)22(28)26-18-10-11-21(26)23(14-18,15-27)13-17-8-6-5-7-9-17/h5-9,12,16,18,21,27H,4,10-11,13-15H2,1-3H3/t18-,21+,23-/m0/s1. The number of carbonyl (C=O) groups is 1. The molecule has 5 nitrogen and oxygen atoms in total. The molecule has 3 heterocycles. The Labute approximate surface area is 167 Å². The Morgan fingerprint density at radius 3 is 2.68 bits per heavy atom. The lowest BCUT2D eigenvalue weighted by atomic mass is 9.70. The molecular formula is C23H31N3O2. The first kappa shape index (κ1) is 19.2. The molecule has 0 aliphatic carbocycles. The van der Waals surface area contributed by atoms with Gasteiger partial charge in [0.05, 0.1) is 12.3 Å². The third-order valence-corrected chi connectivity index (χ3v) is 6.71. The minimum atomic E-state index is -0.238. The van der Waals surface area contributed by atoms with E-state index in [0.717, 1.165) is 31.4 Å². The van der Waals surface area contributed by atoms with Crippen LogP contribution in [-0.4, -0.2) is 44.4 Å². The second-order valence-corrected chi connectivity index (χ2v) is 8.77. The van der Waals surface area contributed by atoms with E-state index in [0.29, 0.717) is 18.2 Å². The van der Waals surface area contributed by atoms with E-state index in [1.54, 1.807) is 0 Å². The van der Waals surface area contributed by atoms with Crippen LogP contribution in [0.25, 0.3) is 0 Å². The smallest absolute Gasteiger partial charge is 0.272 e. The van der Waals surface area contributed by atoms with Crippen molar-refractivity contribution in [2.45, 2.75) is 71.0 Å². The van der Waals surface area contributed by atoms with E-state index < -0.39 is 0 Å². The molecule has 2 aliphatic heterocycles. The fraction of sp³-hybridized carbons (Fsp3) is 0.565. The maximum Gasteiger partial charge on any atom is 0.272 e. The molecular weight excluding hydrogens is 350 g/mol. The molecule has 150 valence electrons. The summed E-state index contributed by atoms with van der Waals surface area (Å²) in [6.45, 7) is 7.04. The van der Waals surface area contributed by atoms with Crippen molar-refractivity contribution in [3.05, 3.63) is 53.3 Å². The zero-order chi connectivity index (χ0) is 19.9. The monoisotopic (exact) mass is 381 g/mol. The highest BCUT2D eigenvalue weighted by molar-refractivity contribution is 5.93. The number of rotatable bonds is 6. The summed E-state index contributed by atoms with van der Waals surface area (Å²) >= 11 is 0. The van der Waals surface area contributed by atoms with Gasteiger partial charge in [-0.05, 0) is 50.2 Å². The van der Waals surface area contributed by atoms with Crippen molar-refractivity contribution in [1.29, 1.82) is 0 Å². The van der Waals surface area contributed by atoms with Gasteiger partial charge in [0.2, 0.25) is 0 Å². The lowest BCUT2D eigenvalue weighted by Crippen LogP contribution is -2.44. The maximum atomic E-state index is 13.6. The lowest BCUT2D eigenvalue weighted by molar-refractivity contribution is 0.0562. The van der Waals surface area contributed by atoms with E-state index >= 15 is 0 Å². The molecule has 2 fully saturated rings. The number of nitrogens with zero attached hydrogens (tertiary/aromatic N) is 3. The van der Waals surface area contributed by atoms with Crippen LogP contribution in [0.4, 0.5) is 0 Å². The second kappa shape index (κ2) is 7.36. The first-order valence-electron chi connectivity index (χ1n) is 10.5. The SMILES string of the molecule is CCn1nc(C(C)C)cc1C(=O)N1[C@H]2CC[C@@H]1[C@@](CO)(Cc1ccccc1)C2. The van der Waals surface area contributed by atoms with Gasteiger partial charge in [-0.25, -0.2) is 0 Å². The van der Waals surface area contributed by atoms with E-state index in [1.165, 1.54) is 5.56 Å². The summed E-state index contributed by atoms with van der Waals surface area (Å²) in [7, 11) is 0. The fourth-order valence-corrected chi connectivity index (χ4v) is 5.28. The topological polar surface area (TPSA) is 58.4 Å². The number of aliphatic hydroxyl groups excluding tert-OH is 1. The molecule has 0 radical (unpaired) electrons. The number of aliphatic hydroxyl groups is 1. The molecule has 2 aliphatic rings. The van der Waals surface area contributed by atoms with Crippen LogP contribution in [0.1, 0.15) is 67.7 Å². The van der Waals surface area contributed by atoms with E-state index in [4.69, 9.17) is 0 Å². The van der Waals surface area contributed by atoms with Gasteiger partial charge in [-0.1, -0.05) is 44.2 Å². The molecule has 1 amide bonds. The summed E-state index contributed by atoms with van der Waals surface area (Å²) in [5.41, 5.74) is 2.65. The molecule has 1 aromatic heterocycles. The molecule has 5 heteroatoms. The van der Waals surface area contributed by atoms with Crippen LogP contribution in [0.5, 0.6) is 0 Å². The van der Waals surface area contributed by atoms with Crippen LogP contribution in [0.3, 0.4) is 0 Å². The van der Waals surface area contributed by atoms with Gasteiger partial charge >= 0.3 is 0 Å². The van der Waals surface area contributed by atoms with Crippen molar-refractivity contribution in [3.63, 3.8) is 0 Å². The number of benzene rings is 1. The van der Waals surface area contributed by atoms with Crippen molar-refractivity contribution in [2.24, 2.45) is 5.41 Å². The summed E-state index contributed by atoms with van der Waals surface area (Å²) in [5.74, 6) is 0.376. The molecule has 0 saturated carbocycles. The van der Waals surface area contributed by atoms with Crippen LogP contribution in [0.2, 0.25) is 0 Å². The van der Waals surface area contributed by atoms with Crippen LogP contribution < -0.4 is 0 Å². The highest BCUT2D eigenvalue weighted by Gasteiger charge is 2.57. The Bertz CT molecular complexity index is 845. The van der Waals surface area contributed by atoms with Crippen molar-refractivity contribution in [3.8, 4) is 0 Å². The first-order valence-corrected chi connectivity index (χ1v) is 10.5. The van der Waals surface area contributed by atoms with Crippen LogP contribution in [-0.2, 0) is 13.0 Å². The molecule has 2 bridgehead atoms. The van der Waals surface area contributed by atoms with Gasteiger partial charge in [-0.15, -0.1) is 0 Å². The van der Waals surface area contributed by atoms with Crippen LogP contribution in [0, 0.1) is 5.41 Å². The molecule has 4 rings (SSSR count). The minimum Gasteiger partial charge on any atom is -0.396 e. The molecule has 1 aromatic carbocycles. The Balaban J connectivity index is 1.64. The summed E-state index contributed by atoms with van der Waals surface area (Å²) in [4.78, 5) is 15.6. The maximum absolute atomic E-state index is 13.6. The Hall–Kier alpha value is -2.14. The zero-order valence-corrected chi connectivity index (χ0v) is 17.1. The van der Waals surface area contributed by atoms with Crippen molar-refractivity contribution in [1.82, 2.24) is 14.7 Å². The number of aryl methyl sites for hydroxylation is 1. The fourth-order valence-electron chi connectivity index (χ4n) is 5.28. The number of amides is 1. The molecule has 28 heavy (non-hydrogen) atoms. The number of fused-ring (bicyclic) bond motifs is 2. The van der Waals surface area contributed by atoms with Crippen molar-refractivity contribution in [2.75, 3.05) is 6.61 Å². The van der Waals surface area contributed by atoms with Gasteiger partial charge in [0, 0.05) is 24.0 Å². The van der Waals surface area contributed by atoms with E-state index in [9.17, 15) is 9.90 Å². The van der Waals surface area contributed by atoms with Crippen molar-refractivity contribution >= 4 is 5.91 Å². The molecule has 2 aromatic rings. The molecule has 0 unspecified atom stereocenters. The molecule has 1 N–H and O–H groups in total. The number of aromatic nitrogens is 2.